The first kappa shape index (κ1) is 17.1. The molecular weight excluding hydrogens is 319 g/mol. The maximum atomic E-state index is 13.0. The van der Waals surface area contributed by atoms with Crippen LogP contribution in [0.5, 0.6) is 0 Å². The van der Waals surface area contributed by atoms with Crippen LogP contribution in [-0.4, -0.2) is 20.4 Å². The van der Waals surface area contributed by atoms with Crippen LogP contribution in [0, 0.1) is 5.82 Å². The van der Waals surface area contributed by atoms with Gasteiger partial charge >= 0.3 is 0 Å². The van der Waals surface area contributed by atoms with Crippen molar-refractivity contribution in [1.29, 1.82) is 0 Å². The second-order valence-electron chi connectivity index (χ2n) is 6.37. The van der Waals surface area contributed by atoms with E-state index in [-0.39, 0.29) is 30.2 Å². The fraction of sp³-hybridized carbons (Fsp3) is 0.316. The summed E-state index contributed by atoms with van der Waals surface area (Å²) in [5, 5.41) is 2.97. The summed E-state index contributed by atoms with van der Waals surface area (Å²) in [6.45, 7) is 6.03. The van der Waals surface area contributed by atoms with E-state index in [0.717, 1.165) is 22.6 Å². The van der Waals surface area contributed by atoms with Gasteiger partial charge in [-0.25, -0.2) is 14.4 Å². The molecule has 0 aliphatic rings. The molecule has 1 atom stereocenters. The lowest BCUT2D eigenvalue weighted by molar-refractivity contribution is -0.121. The topological polar surface area (TPSA) is 59.8 Å². The third kappa shape index (κ3) is 3.68. The second-order valence-corrected chi connectivity index (χ2v) is 6.37. The van der Waals surface area contributed by atoms with Crippen molar-refractivity contribution in [2.45, 2.75) is 39.3 Å². The van der Waals surface area contributed by atoms with E-state index in [1.165, 1.54) is 12.1 Å². The summed E-state index contributed by atoms with van der Waals surface area (Å²) >= 11 is 0. The summed E-state index contributed by atoms with van der Waals surface area (Å²) < 4.78 is 15.0. The van der Waals surface area contributed by atoms with Gasteiger partial charge in [-0.1, -0.05) is 12.1 Å². The van der Waals surface area contributed by atoms with E-state index < -0.39 is 0 Å². The lowest BCUT2D eigenvalue weighted by Crippen LogP contribution is -2.30. The number of nitrogens with one attached hydrogen (secondary N) is 1. The maximum Gasteiger partial charge on any atom is 0.224 e. The fourth-order valence-corrected chi connectivity index (χ4v) is 2.91. The SMILES string of the molecule is CC(NC(=O)Cc1ccc(F)cc1)c1nc2cccnc2n1C(C)C. The number of carbonyl (C=O) groups excluding carboxylic acids is 1. The second kappa shape index (κ2) is 7.01. The minimum atomic E-state index is -0.310. The molecule has 0 saturated heterocycles. The van der Waals surface area contributed by atoms with E-state index in [2.05, 4.69) is 29.1 Å². The average molecular weight is 340 g/mol. The first-order chi connectivity index (χ1) is 12.0. The number of hydrogen-bond donors (Lipinski definition) is 1. The zero-order chi connectivity index (χ0) is 18.0. The molecule has 0 aliphatic carbocycles. The molecule has 0 spiro atoms. The van der Waals surface area contributed by atoms with E-state index in [0.29, 0.717) is 0 Å². The van der Waals surface area contributed by atoms with E-state index >= 15 is 0 Å². The van der Waals surface area contributed by atoms with Crippen molar-refractivity contribution in [2.75, 3.05) is 0 Å². The number of halogens is 1. The summed E-state index contributed by atoms with van der Waals surface area (Å²) in [6, 6.07) is 9.63. The largest absolute Gasteiger partial charge is 0.346 e. The van der Waals surface area contributed by atoms with E-state index in [1.54, 1.807) is 18.3 Å². The van der Waals surface area contributed by atoms with Crippen LogP contribution in [0.2, 0.25) is 0 Å². The molecule has 5 nitrogen and oxygen atoms in total. The molecule has 1 N–H and O–H groups in total. The van der Waals surface area contributed by atoms with Gasteiger partial charge in [-0.05, 0) is 50.6 Å². The summed E-state index contributed by atoms with van der Waals surface area (Å²) in [6.07, 6.45) is 1.94. The van der Waals surface area contributed by atoms with Gasteiger partial charge < -0.3 is 9.88 Å². The smallest absolute Gasteiger partial charge is 0.224 e. The Bertz CT molecular complexity index is 886. The highest BCUT2D eigenvalue weighted by atomic mass is 19.1. The Balaban J connectivity index is 1.79. The Kier molecular flexibility index (Phi) is 4.79. The molecule has 3 aromatic rings. The van der Waals surface area contributed by atoms with Crippen molar-refractivity contribution in [3.8, 4) is 0 Å². The number of benzene rings is 1. The number of pyridine rings is 1. The molecular formula is C19H21FN4O. The van der Waals surface area contributed by atoms with Crippen LogP contribution in [0.4, 0.5) is 4.39 Å². The van der Waals surface area contributed by atoms with E-state index in [4.69, 9.17) is 0 Å². The minimum absolute atomic E-state index is 0.130. The minimum Gasteiger partial charge on any atom is -0.346 e. The van der Waals surface area contributed by atoms with Crippen molar-refractivity contribution in [1.82, 2.24) is 19.9 Å². The number of aromatic nitrogens is 3. The Morgan fingerprint density at radius 2 is 1.92 bits per heavy atom. The predicted octanol–water partition coefficient (Wildman–Crippen LogP) is 3.57. The fourth-order valence-electron chi connectivity index (χ4n) is 2.91. The molecule has 1 amide bonds. The molecule has 25 heavy (non-hydrogen) atoms. The molecule has 6 heteroatoms. The summed E-state index contributed by atoms with van der Waals surface area (Å²) in [5.41, 5.74) is 2.39. The van der Waals surface area contributed by atoms with Crippen molar-refractivity contribution in [3.05, 3.63) is 59.8 Å². The molecule has 0 fully saturated rings. The quantitative estimate of drug-likeness (QED) is 0.772. The predicted molar refractivity (Wildman–Crippen MR) is 94.6 cm³/mol. The molecule has 1 unspecified atom stereocenters. The van der Waals surface area contributed by atoms with Crippen LogP contribution in [0.25, 0.3) is 11.2 Å². The van der Waals surface area contributed by atoms with Crippen LogP contribution in [0.15, 0.2) is 42.6 Å². The number of hydrogen-bond acceptors (Lipinski definition) is 3. The number of imidazole rings is 1. The number of amides is 1. The van der Waals surface area contributed by atoms with Gasteiger partial charge in [0.15, 0.2) is 5.65 Å². The lowest BCUT2D eigenvalue weighted by atomic mass is 10.1. The third-order valence-corrected chi connectivity index (χ3v) is 4.04. The Hall–Kier alpha value is -2.76. The normalized spacial score (nSPS) is 12.5. The molecule has 2 heterocycles. The van der Waals surface area contributed by atoms with Gasteiger partial charge in [-0.2, -0.15) is 0 Å². The van der Waals surface area contributed by atoms with Crippen LogP contribution < -0.4 is 5.32 Å². The Morgan fingerprint density at radius 3 is 2.60 bits per heavy atom. The van der Waals surface area contributed by atoms with Crippen LogP contribution in [0.1, 0.15) is 44.2 Å². The lowest BCUT2D eigenvalue weighted by Gasteiger charge is -2.18. The van der Waals surface area contributed by atoms with Crippen molar-refractivity contribution in [2.24, 2.45) is 0 Å². The molecule has 0 bridgehead atoms. The number of carbonyl (C=O) groups is 1. The average Bonchev–Trinajstić information content (AvgIpc) is 2.96. The number of fused-ring (bicyclic) bond motifs is 1. The Morgan fingerprint density at radius 1 is 1.20 bits per heavy atom. The molecule has 0 radical (unpaired) electrons. The highest BCUT2D eigenvalue weighted by Gasteiger charge is 2.20. The molecule has 130 valence electrons. The summed E-state index contributed by atoms with van der Waals surface area (Å²) in [4.78, 5) is 21.4. The monoisotopic (exact) mass is 340 g/mol. The van der Waals surface area contributed by atoms with Gasteiger partial charge in [0, 0.05) is 12.2 Å². The zero-order valence-corrected chi connectivity index (χ0v) is 14.5. The van der Waals surface area contributed by atoms with Crippen LogP contribution in [-0.2, 0) is 11.2 Å². The third-order valence-electron chi connectivity index (χ3n) is 4.04. The highest BCUT2D eigenvalue weighted by molar-refractivity contribution is 5.79. The number of nitrogens with zero attached hydrogens (tertiary/aromatic N) is 3. The molecule has 2 aromatic heterocycles. The molecule has 1 aromatic carbocycles. The summed E-state index contributed by atoms with van der Waals surface area (Å²) in [7, 11) is 0. The molecule has 3 rings (SSSR count). The standard InChI is InChI=1S/C19H21FN4O/c1-12(2)24-18(23-16-5-4-10-21-19(16)24)13(3)22-17(25)11-14-6-8-15(20)9-7-14/h4-10,12-13H,11H2,1-3H3,(H,22,25). The van der Waals surface area contributed by atoms with Gasteiger partial charge in [-0.3, -0.25) is 4.79 Å². The van der Waals surface area contributed by atoms with E-state index in [9.17, 15) is 9.18 Å². The molecule has 0 saturated carbocycles. The van der Waals surface area contributed by atoms with Gasteiger partial charge in [0.25, 0.3) is 0 Å². The van der Waals surface area contributed by atoms with Crippen molar-refractivity contribution < 1.29 is 9.18 Å². The van der Waals surface area contributed by atoms with Gasteiger partial charge in [0.05, 0.1) is 12.5 Å². The molecule has 0 aliphatic heterocycles. The van der Waals surface area contributed by atoms with Crippen LogP contribution in [0.3, 0.4) is 0 Å². The van der Waals surface area contributed by atoms with Crippen molar-refractivity contribution in [3.63, 3.8) is 0 Å². The first-order valence-corrected chi connectivity index (χ1v) is 8.32. The van der Waals surface area contributed by atoms with E-state index in [1.807, 2.05) is 23.6 Å². The van der Waals surface area contributed by atoms with Crippen molar-refractivity contribution >= 4 is 17.1 Å². The van der Waals surface area contributed by atoms with Gasteiger partial charge in [-0.15, -0.1) is 0 Å². The Labute approximate surface area is 145 Å². The summed E-state index contributed by atoms with van der Waals surface area (Å²) in [5.74, 6) is 0.335. The van der Waals surface area contributed by atoms with Crippen LogP contribution >= 0.6 is 0 Å². The number of rotatable bonds is 5. The van der Waals surface area contributed by atoms with Gasteiger partial charge in [0.2, 0.25) is 5.91 Å². The first-order valence-electron chi connectivity index (χ1n) is 8.32. The van der Waals surface area contributed by atoms with Gasteiger partial charge in [0.1, 0.15) is 17.2 Å². The zero-order valence-electron chi connectivity index (χ0n) is 14.5. The maximum absolute atomic E-state index is 13.0. The highest BCUT2D eigenvalue weighted by Crippen LogP contribution is 2.23.